The molecule has 190 valence electrons. The lowest BCUT2D eigenvalue weighted by Crippen LogP contribution is -2.66. The van der Waals surface area contributed by atoms with Crippen molar-refractivity contribution in [2.75, 3.05) is 6.61 Å². The molecule has 3 N–H and O–H groups in total. The van der Waals surface area contributed by atoms with Gasteiger partial charge in [-0.05, 0) is 63.1 Å². The molecule has 2 aromatic heterocycles. The van der Waals surface area contributed by atoms with E-state index in [0.717, 1.165) is 12.8 Å². The van der Waals surface area contributed by atoms with Gasteiger partial charge >= 0.3 is 0 Å². The van der Waals surface area contributed by atoms with Gasteiger partial charge in [0.2, 0.25) is 5.91 Å². The molecule has 2 unspecified atom stereocenters. The molecule has 5 rings (SSSR count). The van der Waals surface area contributed by atoms with Gasteiger partial charge in [0, 0.05) is 18.2 Å². The minimum atomic E-state index is -1.49. The zero-order chi connectivity index (χ0) is 25.4. The van der Waals surface area contributed by atoms with E-state index < -0.39 is 29.5 Å². The van der Waals surface area contributed by atoms with Crippen LogP contribution in [-0.2, 0) is 4.79 Å². The Bertz CT molecular complexity index is 1320. The molecule has 2 saturated carbocycles. The first kappa shape index (κ1) is 24.1. The number of hydrogen-bond donors (Lipinski definition) is 3. The van der Waals surface area contributed by atoms with Crippen molar-refractivity contribution in [3.05, 3.63) is 41.6 Å². The van der Waals surface area contributed by atoms with E-state index >= 15 is 4.39 Å². The Morgan fingerprint density at radius 1 is 1.19 bits per heavy atom. The maximum atomic E-state index is 15.1. The standard InChI is InChI=1S/C26H29F2N5O3/c1-14-21(25(35)33-26(32-15(2)34)10-4-3-5-20(26)28)23-24(31-14)22(29-13-30-23)18-11-17(27)8-9-19(18)36-12-16-6-7-16/h8-9,11,13,16,20,31H,3-7,10,12H2,1-2H3,(H,32,34)(H,33,35). The minimum Gasteiger partial charge on any atom is -0.493 e. The number of aryl methyl sites for hydroxylation is 1. The number of nitrogens with zero attached hydrogens (tertiary/aromatic N) is 2. The van der Waals surface area contributed by atoms with Crippen LogP contribution in [0.1, 0.15) is 61.5 Å². The van der Waals surface area contributed by atoms with Gasteiger partial charge in [-0.1, -0.05) is 6.42 Å². The number of carbonyl (C=O) groups excluding carboxylic acids is 2. The third kappa shape index (κ3) is 4.64. The maximum absolute atomic E-state index is 15.1. The number of aromatic amines is 1. The number of halogens is 2. The van der Waals surface area contributed by atoms with Gasteiger partial charge in [-0.15, -0.1) is 0 Å². The summed E-state index contributed by atoms with van der Waals surface area (Å²) in [6.07, 6.45) is 3.98. The first-order valence-electron chi connectivity index (χ1n) is 12.3. The Kier molecular flexibility index (Phi) is 6.36. The molecular weight excluding hydrogens is 468 g/mol. The van der Waals surface area contributed by atoms with Crippen LogP contribution in [-0.4, -0.2) is 45.2 Å². The molecule has 0 spiro atoms. The number of rotatable bonds is 7. The second kappa shape index (κ2) is 9.48. The number of aromatic nitrogens is 3. The van der Waals surface area contributed by atoms with E-state index in [1.165, 1.54) is 25.4 Å². The average Bonchev–Trinajstić information content (AvgIpc) is 3.59. The van der Waals surface area contributed by atoms with Gasteiger partial charge in [0.05, 0.1) is 17.7 Å². The summed E-state index contributed by atoms with van der Waals surface area (Å²) < 4.78 is 35.3. The van der Waals surface area contributed by atoms with Gasteiger partial charge in [-0.25, -0.2) is 18.7 Å². The highest BCUT2D eigenvalue weighted by atomic mass is 19.1. The second-order valence-corrected chi connectivity index (χ2v) is 9.79. The van der Waals surface area contributed by atoms with Gasteiger partial charge in [0.15, 0.2) is 0 Å². The fourth-order valence-corrected chi connectivity index (χ4v) is 4.93. The predicted molar refractivity (Wildman–Crippen MR) is 130 cm³/mol. The molecule has 2 atom stereocenters. The van der Waals surface area contributed by atoms with Gasteiger partial charge in [-0.3, -0.25) is 9.59 Å². The number of alkyl halides is 1. The zero-order valence-electron chi connectivity index (χ0n) is 20.3. The van der Waals surface area contributed by atoms with Crippen LogP contribution in [0, 0.1) is 18.7 Å². The van der Waals surface area contributed by atoms with E-state index in [9.17, 15) is 14.0 Å². The lowest BCUT2D eigenvalue weighted by atomic mass is 9.86. The topological polar surface area (TPSA) is 109 Å². The molecular formula is C26H29F2N5O3. The van der Waals surface area contributed by atoms with E-state index in [-0.39, 0.29) is 18.4 Å². The molecule has 2 fully saturated rings. The van der Waals surface area contributed by atoms with Crippen molar-refractivity contribution in [1.82, 2.24) is 25.6 Å². The van der Waals surface area contributed by atoms with Gasteiger partial charge < -0.3 is 20.4 Å². The lowest BCUT2D eigenvalue weighted by molar-refractivity contribution is -0.122. The number of amides is 2. The van der Waals surface area contributed by atoms with E-state index in [1.807, 2.05) is 0 Å². The van der Waals surface area contributed by atoms with E-state index in [4.69, 9.17) is 4.74 Å². The van der Waals surface area contributed by atoms with E-state index in [0.29, 0.717) is 59.1 Å². The molecule has 0 saturated heterocycles. The summed E-state index contributed by atoms with van der Waals surface area (Å²) in [7, 11) is 0. The van der Waals surface area contributed by atoms with Crippen molar-refractivity contribution in [2.45, 2.75) is 64.2 Å². The molecule has 10 heteroatoms. The molecule has 0 bridgehead atoms. The van der Waals surface area contributed by atoms with E-state index in [1.54, 1.807) is 13.0 Å². The highest BCUT2D eigenvalue weighted by Gasteiger charge is 2.44. The number of hydrogen-bond acceptors (Lipinski definition) is 5. The van der Waals surface area contributed by atoms with Crippen molar-refractivity contribution < 1.29 is 23.1 Å². The summed E-state index contributed by atoms with van der Waals surface area (Å²) in [5, 5.41) is 5.39. The highest BCUT2D eigenvalue weighted by Crippen LogP contribution is 2.37. The first-order valence-corrected chi connectivity index (χ1v) is 12.3. The molecule has 2 aliphatic rings. The molecule has 1 aromatic carbocycles. The molecule has 0 radical (unpaired) electrons. The molecule has 0 aliphatic heterocycles. The van der Waals surface area contributed by atoms with Crippen LogP contribution in [0.15, 0.2) is 24.5 Å². The van der Waals surface area contributed by atoms with Crippen molar-refractivity contribution in [3.8, 4) is 17.0 Å². The monoisotopic (exact) mass is 497 g/mol. The summed E-state index contributed by atoms with van der Waals surface area (Å²) in [5.41, 5.74) is 0.817. The lowest BCUT2D eigenvalue weighted by Gasteiger charge is -2.41. The molecule has 8 nitrogen and oxygen atoms in total. The zero-order valence-corrected chi connectivity index (χ0v) is 20.3. The Hall–Kier alpha value is -3.56. The SMILES string of the molecule is CC(=O)NC1(NC(=O)c2c(C)[nH]c3c(-c4cc(F)ccc4OCC4CC4)ncnc23)CCCCC1F. The van der Waals surface area contributed by atoms with Gasteiger partial charge in [-0.2, -0.15) is 0 Å². The number of fused-ring (bicyclic) bond motifs is 1. The third-order valence-electron chi connectivity index (χ3n) is 6.92. The number of nitrogens with one attached hydrogen (secondary N) is 3. The summed E-state index contributed by atoms with van der Waals surface area (Å²) in [6, 6.07) is 4.26. The maximum Gasteiger partial charge on any atom is 0.257 e. The summed E-state index contributed by atoms with van der Waals surface area (Å²) >= 11 is 0. The number of ether oxygens (including phenoxy) is 1. The smallest absolute Gasteiger partial charge is 0.257 e. The average molecular weight is 498 g/mol. The molecule has 36 heavy (non-hydrogen) atoms. The first-order chi connectivity index (χ1) is 17.3. The van der Waals surface area contributed by atoms with Crippen molar-refractivity contribution in [2.24, 2.45) is 5.92 Å². The summed E-state index contributed by atoms with van der Waals surface area (Å²) in [5.74, 6) is -0.434. The normalized spacial score (nSPS) is 21.8. The van der Waals surface area contributed by atoms with Crippen molar-refractivity contribution >= 4 is 22.8 Å². The second-order valence-electron chi connectivity index (χ2n) is 9.79. The Morgan fingerprint density at radius 2 is 2.00 bits per heavy atom. The molecule has 2 heterocycles. The Labute approximate surface area is 207 Å². The Balaban J connectivity index is 1.53. The molecule has 3 aromatic rings. The fraction of sp³-hybridized carbons (Fsp3) is 0.462. The number of H-pyrrole nitrogens is 1. The van der Waals surface area contributed by atoms with E-state index in [2.05, 4.69) is 25.6 Å². The highest BCUT2D eigenvalue weighted by molar-refractivity contribution is 6.09. The predicted octanol–water partition coefficient (Wildman–Crippen LogP) is 4.34. The van der Waals surface area contributed by atoms with Crippen LogP contribution >= 0.6 is 0 Å². The van der Waals surface area contributed by atoms with Crippen LogP contribution in [0.5, 0.6) is 5.75 Å². The minimum absolute atomic E-state index is 0.216. The third-order valence-corrected chi connectivity index (χ3v) is 6.92. The van der Waals surface area contributed by atoms with Crippen LogP contribution in [0.4, 0.5) is 8.78 Å². The molecule has 2 aliphatic carbocycles. The van der Waals surface area contributed by atoms with Crippen molar-refractivity contribution in [3.63, 3.8) is 0 Å². The number of carbonyl (C=O) groups is 2. The van der Waals surface area contributed by atoms with Gasteiger partial charge in [0.25, 0.3) is 5.91 Å². The largest absolute Gasteiger partial charge is 0.493 e. The summed E-state index contributed by atoms with van der Waals surface area (Å²) in [6.45, 7) is 3.54. The Morgan fingerprint density at radius 3 is 2.72 bits per heavy atom. The number of benzene rings is 1. The van der Waals surface area contributed by atoms with Crippen LogP contribution in [0.25, 0.3) is 22.3 Å². The fourth-order valence-electron chi connectivity index (χ4n) is 4.93. The quantitative estimate of drug-likeness (QED) is 0.421. The van der Waals surface area contributed by atoms with Crippen molar-refractivity contribution in [1.29, 1.82) is 0 Å². The van der Waals surface area contributed by atoms with Crippen LogP contribution in [0.2, 0.25) is 0 Å². The summed E-state index contributed by atoms with van der Waals surface area (Å²) in [4.78, 5) is 37.2. The van der Waals surface area contributed by atoms with Crippen LogP contribution < -0.4 is 15.4 Å². The van der Waals surface area contributed by atoms with Crippen LogP contribution in [0.3, 0.4) is 0 Å². The molecule has 2 amide bonds. The van der Waals surface area contributed by atoms with Gasteiger partial charge in [0.1, 0.15) is 40.9 Å².